The summed E-state index contributed by atoms with van der Waals surface area (Å²) < 4.78 is 0.337. The van der Waals surface area contributed by atoms with Crippen LogP contribution in [0, 0.1) is 5.41 Å². The van der Waals surface area contributed by atoms with Gasteiger partial charge in [0.05, 0.1) is 10.6 Å². The van der Waals surface area contributed by atoms with Gasteiger partial charge in [-0.25, -0.2) is 0 Å². The van der Waals surface area contributed by atoms with Gasteiger partial charge in [0.25, 0.3) is 0 Å². The molecule has 0 spiro atoms. The molecule has 3 N–H and O–H groups in total. The van der Waals surface area contributed by atoms with E-state index in [1.165, 1.54) is 11.3 Å². The van der Waals surface area contributed by atoms with E-state index in [1.54, 1.807) is 18.2 Å². The molecule has 0 atom stereocenters. The molecule has 1 heterocycles. The molecule has 0 aliphatic heterocycles. The fourth-order valence-corrected chi connectivity index (χ4v) is 2.69. The molecule has 5 heteroatoms. The fourth-order valence-electron chi connectivity index (χ4n) is 1.51. The number of hydrogen-bond donors (Lipinski definition) is 3. The minimum absolute atomic E-state index is 0.203. The molecular weight excluding hydrogens is 312 g/mol. The quantitative estimate of drug-likeness (QED) is 0.737. The number of thiophene rings is 1. The van der Waals surface area contributed by atoms with Crippen LogP contribution in [0.5, 0.6) is 5.75 Å². The predicted octanol–water partition coefficient (Wildman–Crippen LogP) is 4.26. The Morgan fingerprint density at radius 3 is 2.83 bits per heavy atom. The molecule has 0 radical (unpaired) electrons. The number of benzene rings is 1. The smallest absolute Gasteiger partial charge is 0.116 e. The van der Waals surface area contributed by atoms with Crippen molar-refractivity contribution in [2.75, 3.05) is 5.32 Å². The number of anilines is 1. The molecule has 0 bridgehead atoms. The van der Waals surface area contributed by atoms with Gasteiger partial charge in [0.15, 0.2) is 0 Å². The number of nitrogens with one attached hydrogen (secondary N) is 2. The van der Waals surface area contributed by atoms with E-state index in [0.717, 1.165) is 16.1 Å². The first-order valence-electron chi connectivity index (χ1n) is 5.15. The third-order valence-electron chi connectivity index (χ3n) is 2.34. The first-order valence-corrected chi connectivity index (χ1v) is 6.82. The molecule has 2 aromatic rings. The summed E-state index contributed by atoms with van der Waals surface area (Å²) in [5.41, 5.74) is 2.32. The Balaban J connectivity index is 2.21. The summed E-state index contributed by atoms with van der Waals surface area (Å²) in [6.07, 6.45) is 0. The molecule has 2 rings (SSSR count). The highest BCUT2D eigenvalue weighted by molar-refractivity contribution is 9.18. The van der Waals surface area contributed by atoms with Crippen molar-refractivity contribution in [1.82, 2.24) is 0 Å². The molecule has 18 heavy (non-hydrogen) atoms. The van der Waals surface area contributed by atoms with Crippen molar-refractivity contribution in [1.29, 1.82) is 5.41 Å². The molecular formula is C13H11BrN2OS. The monoisotopic (exact) mass is 322 g/mol. The molecule has 0 fully saturated rings. The average molecular weight is 323 g/mol. The summed E-state index contributed by atoms with van der Waals surface area (Å²) in [6.45, 7) is 3.94. The van der Waals surface area contributed by atoms with Crippen LogP contribution in [0.15, 0.2) is 42.3 Å². The zero-order chi connectivity index (χ0) is 13.1. The summed E-state index contributed by atoms with van der Waals surface area (Å²) in [7, 11) is 0. The maximum absolute atomic E-state index is 9.42. The van der Waals surface area contributed by atoms with Gasteiger partial charge in [-0.05, 0) is 39.5 Å². The molecule has 0 amide bonds. The molecule has 0 aliphatic rings. The fraction of sp³-hybridized carbons (Fsp3) is 0. The van der Waals surface area contributed by atoms with Gasteiger partial charge in [-0.2, -0.15) is 0 Å². The topological polar surface area (TPSA) is 56.1 Å². The summed E-state index contributed by atoms with van der Waals surface area (Å²) in [5, 5.41) is 22.1. The summed E-state index contributed by atoms with van der Waals surface area (Å²) >= 11 is 4.63. The van der Waals surface area contributed by atoms with E-state index in [1.807, 2.05) is 17.5 Å². The Morgan fingerprint density at radius 2 is 2.17 bits per heavy atom. The second-order valence-electron chi connectivity index (χ2n) is 3.63. The largest absolute Gasteiger partial charge is 0.508 e. The van der Waals surface area contributed by atoms with E-state index in [-0.39, 0.29) is 5.75 Å². The lowest BCUT2D eigenvalue weighted by atomic mass is 10.1. The van der Waals surface area contributed by atoms with E-state index in [2.05, 4.69) is 27.8 Å². The normalized spacial score (nSPS) is 10.1. The lowest BCUT2D eigenvalue weighted by Crippen LogP contribution is -1.99. The van der Waals surface area contributed by atoms with Crippen molar-refractivity contribution in [2.24, 2.45) is 0 Å². The first-order chi connectivity index (χ1) is 8.58. The SMILES string of the molecule is C=C(Nc1ccsc1C(=N)Br)c1cccc(O)c1. The predicted molar refractivity (Wildman–Crippen MR) is 80.8 cm³/mol. The second kappa shape index (κ2) is 5.37. The number of halogens is 1. The van der Waals surface area contributed by atoms with E-state index < -0.39 is 0 Å². The van der Waals surface area contributed by atoms with E-state index in [0.29, 0.717) is 10.3 Å². The van der Waals surface area contributed by atoms with Crippen molar-refractivity contribution in [3.8, 4) is 5.75 Å². The third-order valence-corrected chi connectivity index (χ3v) is 3.94. The van der Waals surface area contributed by atoms with Gasteiger partial charge < -0.3 is 10.4 Å². The minimum atomic E-state index is 0.203. The Morgan fingerprint density at radius 1 is 1.39 bits per heavy atom. The highest BCUT2D eigenvalue weighted by atomic mass is 79.9. The van der Waals surface area contributed by atoms with E-state index in [4.69, 9.17) is 5.41 Å². The molecule has 0 aliphatic carbocycles. The van der Waals surface area contributed by atoms with Crippen LogP contribution in [0.3, 0.4) is 0 Å². The van der Waals surface area contributed by atoms with E-state index in [9.17, 15) is 5.11 Å². The maximum Gasteiger partial charge on any atom is 0.116 e. The zero-order valence-corrected chi connectivity index (χ0v) is 11.8. The standard InChI is InChI=1S/C13H11BrN2OS/c1-8(9-3-2-4-10(17)7-9)16-11-5-6-18-12(11)13(14)15/h2-7,15-17H,1H2. The lowest BCUT2D eigenvalue weighted by Gasteiger charge is -2.10. The number of rotatable bonds is 4. The number of phenols is 1. The maximum atomic E-state index is 9.42. The van der Waals surface area contributed by atoms with Crippen molar-refractivity contribution in [2.45, 2.75) is 0 Å². The van der Waals surface area contributed by atoms with Crippen molar-refractivity contribution >= 4 is 43.3 Å². The first kappa shape index (κ1) is 12.9. The highest BCUT2D eigenvalue weighted by Crippen LogP contribution is 2.28. The summed E-state index contributed by atoms with van der Waals surface area (Å²) in [4.78, 5) is 0.816. The second-order valence-corrected chi connectivity index (χ2v) is 5.34. The van der Waals surface area contributed by atoms with Gasteiger partial charge in [0.2, 0.25) is 0 Å². The molecule has 1 aromatic heterocycles. The molecule has 0 unspecified atom stereocenters. The van der Waals surface area contributed by atoms with Crippen LogP contribution in [0.1, 0.15) is 10.4 Å². The van der Waals surface area contributed by atoms with Crippen LogP contribution in [-0.2, 0) is 0 Å². The molecule has 0 saturated carbocycles. The van der Waals surface area contributed by atoms with Crippen molar-refractivity contribution in [3.63, 3.8) is 0 Å². The lowest BCUT2D eigenvalue weighted by molar-refractivity contribution is 0.475. The van der Waals surface area contributed by atoms with Gasteiger partial charge in [0, 0.05) is 11.3 Å². The Bertz CT molecular complexity index is 607. The van der Waals surface area contributed by atoms with Gasteiger partial charge in [0.1, 0.15) is 10.4 Å². The third kappa shape index (κ3) is 2.80. The molecule has 1 aromatic carbocycles. The number of phenolic OH excluding ortho intramolecular Hbond substituents is 1. The molecule has 0 saturated heterocycles. The van der Waals surface area contributed by atoms with Crippen molar-refractivity contribution < 1.29 is 5.11 Å². The van der Waals surface area contributed by atoms with Crippen LogP contribution in [0.2, 0.25) is 0 Å². The Hall–Kier alpha value is -1.59. The van der Waals surface area contributed by atoms with Crippen LogP contribution in [-0.4, -0.2) is 9.73 Å². The molecule has 3 nitrogen and oxygen atoms in total. The minimum Gasteiger partial charge on any atom is -0.508 e. The zero-order valence-electron chi connectivity index (χ0n) is 9.40. The Kier molecular flexibility index (Phi) is 3.84. The highest BCUT2D eigenvalue weighted by Gasteiger charge is 2.09. The van der Waals surface area contributed by atoms with E-state index >= 15 is 0 Å². The average Bonchev–Trinajstić information content (AvgIpc) is 2.77. The van der Waals surface area contributed by atoms with Crippen LogP contribution < -0.4 is 5.32 Å². The van der Waals surface area contributed by atoms with Crippen LogP contribution >= 0.6 is 27.3 Å². The summed E-state index contributed by atoms with van der Waals surface area (Å²) in [6, 6.07) is 8.77. The Labute approximate surface area is 117 Å². The number of hydrogen-bond acceptors (Lipinski definition) is 4. The van der Waals surface area contributed by atoms with Gasteiger partial charge in [-0.15, -0.1) is 11.3 Å². The van der Waals surface area contributed by atoms with Gasteiger partial charge in [-0.3, -0.25) is 5.41 Å². The summed E-state index contributed by atoms with van der Waals surface area (Å²) in [5.74, 6) is 0.203. The number of aromatic hydroxyl groups is 1. The van der Waals surface area contributed by atoms with Gasteiger partial charge >= 0.3 is 0 Å². The molecule has 92 valence electrons. The van der Waals surface area contributed by atoms with Crippen LogP contribution in [0.25, 0.3) is 5.70 Å². The van der Waals surface area contributed by atoms with Gasteiger partial charge in [-0.1, -0.05) is 18.7 Å². The van der Waals surface area contributed by atoms with Crippen LogP contribution in [0.4, 0.5) is 5.69 Å². The van der Waals surface area contributed by atoms with Crippen molar-refractivity contribution in [3.05, 3.63) is 52.7 Å².